The molecule has 208 valence electrons. The van der Waals surface area contributed by atoms with E-state index in [9.17, 15) is 22.8 Å². The summed E-state index contributed by atoms with van der Waals surface area (Å²) in [6.07, 6.45) is -6.57. The summed E-state index contributed by atoms with van der Waals surface area (Å²) in [7, 11) is 0. The van der Waals surface area contributed by atoms with E-state index in [0.29, 0.717) is 17.2 Å². The Bertz CT molecular complexity index is 1200. The van der Waals surface area contributed by atoms with E-state index in [1.807, 2.05) is 30.3 Å². The van der Waals surface area contributed by atoms with Gasteiger partial charge in [0.2, 0.25) is 5.91 Å². The minimum atomic E-state index is -4.39. The average Bonchev–Trinajstić information content (AvgIpc) is 3.26. The van der Waals surface area contributed by atoms with Crippen LogP contribution < -0.4 is 16.4 Å². The van der Waals surface area contributed by atoms with E-state index in [4.69, 9.17) is 15.2 Å². The van der Waals surface area contributed by atoms with Gasteiger partial charge in [0, 0.05) is 6.54 Å². The molecule has 2 amide bonds. The first-order valence-electron chi connectivity index (χ1n) is 11.5. The SMILES string of the molecule is C.CC(C)(N)C(=O)N[C@H](COCc1ccccc1)c1nnc2cccc(COC(=O)NCCC(F)(F)F)n12. The number of alkyl carbamates (subject to hydrolysis) is 1. The summed E-state index contributed by atoms with van der Waals surface area (Å²) in [6, 6.07) is 13.7. The van der Waals surface area contributed by atoms with Crippen LogP contribution >= 0.6 is 0 Å². The number of alkyl halides is 3. The summed E-state index contributed by atoms with van der Waals surface area (Å²) in [5.74, 6) is -0.146. The maximum atomic E-state index is 12.7. The first kappa shape index (κ1) is 30.5. The Hall–Kier alpha value is -3.71. The van der Waals surface area contributed by atoms with Gasteiger partial charge in [0.05, 0.1) is 30.9 Å². The third-order valence-corrected chi connectivity index (χ3v) is 5.16. The van der Waals surface area contributed by atoms with Crippen LogP contribution in [0.4, 0.5) is 18.0 Å². The smallest absolute Gasteiger partial charge is 0.407 e. The largest absolute Gasteiger partial charge is 0.443 e. The Kier molecular flexibility index (Phi) is 10.6. The molecule has 0 aliphatic heterocycles. The van der Waals surface area contributed by atoms with E-state index in [0.717, 1.165) is 5.56 Å². The zero-order valence-electron chi connectivity index (χ0n) is 20.4. The highest BCUT2D eigenvalue weighted by atomic mass is 19.4. The van der Waals surface area contributed by atoms with E-state index in [1.165, 1.54) is 0 Å². The first-order chi connectivity index (χ1) is 17.4. The van der Waals surface area contributed by atoms with E-state index in [2.05, 4.69) is 20.8 Å². The van der Waals surface area contributed by atoms with Crippen molar-refractivity contribution < 1.29 is 32.2 Å². The Labute approximate surface area is 218 Å². The van der Waals surface area contributed by atoms with Crippen molar-refractivity contribution >= 4 is 17.6 Å². The summed E-state index contributed by atoms with van der Waals surface area (Å²) in [5, 5.41) is 13.2. The van der Waals surface area contributed by atoms with E-state index in [-0.39, 0.29) is 27.2 Å². The van der Waals surface area contributed by atoms with Gasteiger partial charge in [-0.3, -0.25) is 9.20 Å². The van der Waals surface area contributed by atoms with Crippen LogP contribution in [-0.2, 0) is 27.5 Å². The van der Waals surface area contributed by atoms with Crippen molar-refractivity contribution in [1.82, 2.24) is 25.2 Å². The lowest BCUT2D eigenvalue weighted by molar-refractivity contribution is -0.133. The average molecular weight is 539 g/mol. The number of carbonyl (C=O) groups is 2. The van der Waals surface area contributed by atoms with Crippen LogP contribution in [0.25, 0.3) is 5.65 Å². The number of amides is 2. The van der Waals surface area contributed by atoms with Gasteiger partial charge in [-0.05, 0) is 31.5 Å². The molecule has 0 saturated heterocycles. The molecule has 1 aromatic carbocycles. The molecule has 0 fully saturated rings. The van der Waals surface area contributed by atoms with Crippen LogP contribution in [0.5, 0.6) is 0 Å². The molecule has 0 unspecified atom stereocenters. The lowest BCUT2D eigenvalue weighted by Crippen LogP contribution is -2.51. The molecule has 2 heterocycles. The van der Waals surface area contributed by atoms with Gasteiger partial charge >= 0.3 is 12.3 Å². The van der Waals surface area contributed by atoms with Gasteiger partial charge in [0.25, 0.3) is 0 Å². The number of fused-ring (bicyclic) bond motifs is 1. The summed E-state index contributed by atoms with van der Waals surface area (Å²) in [5.41, 5.74) is 6.55. The number of nitrogens with two attached hydrogens (primary N) is 1. The molecule has 3 rings (SSSR count). The zero-order chi connectivity index (χ0) is 27.1. The quantitative estimate of drug-likeness (QED) is 0.339. The maximum absolute atomic E-state index is 12.7. The second kappa shape index (κ2) is 13.2. The van der Waals surface area contributed by atoms with Crippen molar-refractivity contribution in [2.45, 2.75) is 58.7 Å². The topological polar surface area (TPSA) is 133 Å². The maximum Gasteiger partial charge on any atom is 0.407 e. The number of halogens is 3. The number of benzene rings is 1. The van der Waals surface area contributed by atoms with Crippen LogP contribution in [0.1, 0.15) is 50.8 Å². The van der Waals surface area contributed by atoms with Crippen molar-refractivity contribution in [2.24, 2.45) is 5.73 Å². The molecule has 0 aliphatic carbocycles. The van der Waals surface area contributed by atoms with Gasteiger partial charge in [0.15, 0.2) is 11.5 Å². The molecule has 0 spiro atoms. The highest BCUT2D eigenvalue weighted by Gasteiger charge is 2.29. The van der Waals surface area contributed by atoms with Gasteiger partial charge in [-0.1, -0.05) is 43.8 Å². The molecule has 0 aliphatic rings. The number of aromatic nitrogens is 3. The van der Waals surface area contributed by atoms with Crippen LogP contribution in [-0.4, -0.2) is 51.5 Å². The zero-order valence-corrected chi connectivity index (χ0v) is 20.4. The molecule has 1 atom stereocenters. The molecule has 0 radical (unpaired) electrons. The number of carbonyl (C=O) groups excluding carboxylic acids is 2. The summed E-state index contributed by atoms with van der Waals surface area (Å²) < 4.78 is 49.5. The summed E-state index contributed by atoms with van der Waals surface area (Å²) in [4.78, 5) is 24.6. The van der Waals surface area contributed by atoms with Crippen molar-refractivity contribution in [2.75, 3.05) is 13.2 Å². The Balaban J connectivity index is 0.00000507. The fourth-order valence-corrected chi connectivity index (χ4v) is 3.26. The first-order valence-corrected chi connectivity index (χ1v) is 11.5. The normalized spacial score (nSPS) is 12.5. The molecular formula is C25H33F3N6O4. The number of hydrogen-bond donors (Lipinski definition) is 3. The second-order valence-electron chi connectivity index (χ2n) is 8.89. The fourth-order valence-electron chi connectivity index (χ4n) is 3.26. The fraction of sp³-hybridized carbons (Fsp3) is 0.440. The van der Waals surface area contributed by atoms with Crippen LogP contribution in [0, 0.1) is 0 Å². The van der Waals surface area contributed by atoms with Gasteiger partial charge in [-0.15, -0.1) is 10.2 Å². The summed E-state index contributed by atoms with van der Waals surface area (Å²) in [6.45, 7) is 2.54. The summed E-state index contributed by atoms with van der Waals surface area (Å²) >= 11 is 0. The highest BCUT2D eigenvalue weighted by molar-refractivity contribution is 5.85. The third kappa shape index (κ3) is 8.99. The third-order valence-electron chi connectivity index (χ3n) is 5.16. The van der Waals surface area contributed by atoms with Crippen LogP contribution in [0.3, 0.4) is 0 Å². The Morgan fingerprint density at radius 2 is 1.76 bits per heavy atom. The predicted octanol–water partition coefficient (Wildman–Crippen LogP) is 3.66. The molecule has 10 nitrogen and oxygen atoms in total. The number of pyridine rings is 1. The molecule has 38 heavy (non-hydrogen) atoms. The molecule has 0 saturated carbocycles. The minimum Gasteiger partial charge on any atom is -0.443 e. The highest BCUT2D eigenvalue weighted by Crippen LogP contribution is 2.19. The minimum absolute atomic E-state index is 0. The van der Waals surface area contributed by atoms with Gasteiger partial charge in [0.1, 0.15) is 12.6 Å². The number of nitrogens with zero attached hydrogens (tertiary/aromatic N) is 3. The van der Waals surface area contributed by atoms with E-state index in [1.54, 1.807) is 36.4 Å². The van der Waals surface area contributed by atoms with Crippen molar-refractivity contribution in [3.05, 3.63) is 65.6 Å². The Morgan fingerprint density at radius 3 is 2.42 bits per heavy atom. The number of ether oxygens (including phenoxy) is 2. The van der Waals surface area contributed by atoms with E-state index < -0.39 is 42.7 Å². The van der Waals surface area contributed by atoms with Crippen LogP contribution in [0.2, 0.25) is 0 Å². The standard InChI is InChI=1S/C24H29F3N6O4.CH4/c1-23(2,28)21(34)30-18(15-36-13-16-7-4-3-5-8-16)20-32-31-19-10-6-9-17(33(19)20)14-37-22(35)29-12-11-24(25,26)27;/h3-10,18H,11-15,28H2,1-2H3,(H,29,35)(H,30,34);1H4/t18-;/m1./s1. The van der Waals surface area contributed by atoms with E-state index >= 15 is 0 Å². The second-order valence-corrected chi connectivity index (χ2v) is 8.89. The molecule has 3 aromatic rings. The lowest BCUT2D eigenvalue weighted by Gasteiger charge is -2.24. The number of hydrogen-bond acceptors (Lipinski definition) is 7. The van der Waals surface area contributed by atoms with Gasteiger partial charge in [-0.2, -0.15) is 13.2 Å². The van der Waals surface area contributed by atoms with Crippen molar-refractivity contribution in [3.63, 3.8) is 0 Å². The Morgan fingerprint density at radius 1 is 1.05 bits per heavy atom. The van der Waals surface area contributed by atoms with Crippen molar-refractivity contribution in [3.8, 4) is 0 Å². The molecule has 2 aromatic heterocycles. The van der Waals surface area contributed by atoms with Crippen LogP contribution in [0.15, 0.2) is 48.5 Å². The molecule has 0 bridgehead atoms. The van der Waals surface area contributed by atoms with Gasteiger partial charge < -0.3 is 25.8 Å². The van der Waals surface area contributed by atoms with Crippen molar-refractivity contribution in [1.29, 1.82) is 0 Å². The van der Waals surface area contributed by atoms with Gasteiger partial charge in [-0.25, -0.2) is 4.79 Å². The lowest BCUT2D eigenvalue weighted by atomic mass is 10.1. The number of nitrogens with one attached hydrogen (secondary N) is 2. The monoisotopic (exact) mass is 538 g/mol. The number of rotatable bonds is 11. The molecule has 4 N–H and O–H groups in total. The predicted molar refractivity (Wildman–Crippen MR) is 134 cm³/mol. The molecule has 13 heteroatoms. The molecular weight excluding hydrogens is 505 g/mol.